The van der Waals surface area contributed by atoms with Crippen LogP contribution < -0.4 is 19.1 Å². The summed E-state index contributed by atoms with van der Waals surface area (Å²) in [5.41, 5.74) is 0.719. The van der Waals surface area contributed by atoms with Gasteiger partial charge in [-0.1, -0.05) is 36.4 Å². The fourth-order valence-electron chi connectivity index (χ4n) is 5.27. The summed E-state index contributed by atoms with van der Waals surface area (Å²) in [4.78, 5) is 55.5. The number of carbonyl (C=O) groups is 4. The molecular formula is C34H40N4O9S. The van der Waals surface area contributed by atoms with Gasteiger partial charge in [0.2, 0.25) is 0 Å². The second-order valence-corrected chi connectivity index (χ2v) is 13.7. The summed E-state index contributed by atoms with van der Waals surface area (Å²) in [5, 5.41) is 3.15. The van der Waals surface area contributed by atoms with Crippen LogP contribution in [0.15, 0.2) is 77.7 Å². The standard InChI is InChI=1S/C34H40N4O9S/c1-5-45-31(41)21-38(48(43,44)37-33(42)47-34(2,3)4)28-14-12-24(18-30(28)46-22-23-10-7-6-8-11-23)32(27-20-35-16-9-17-36-27)26-19-25(39)13-15-29(26)40/h6-12,14,16-18,20,26,32,36H,5,13,15,19,21-22H2,1-4H3,(H,37,42). The van der Waals surface area contributed by atoms with Gasteiger partial charge in [-0.2, -0.15) is 8.42 Å². The summed E-state index contributed by atoms with van der Waals surface area (Å²) in [5.74, 6) is -2.43. The third-order valence-corrected chi connectivity index (χ3v) is 8.64. The Bertz CT molecular complexity index is 1710. The fourth-order valence-corrected chi connectivity index (χ4v) is 6.32. The van der Waals surface area contributed by atoms with Gasteiger partial charge >= 0.3 is 22.3 Å². The van der Waals surface area contributed by atoms with Crippen LogP contribution in [0.3, 0.4) is 0 Å². The third kappa shape index (κ3) is 9.77. The van der Waals surface area contributed by atoms with Gasteiger partial charge in [-0.05, 0) is 57.0 Å². The van der Waals surface area contributed by atoms with E-state index in [-0.39, 0.29) is 55.5 Å². The third-order valence-electron chi connectivity index (χ3n) is 7.31. The highest BCUT2D eigenvalue weighted by Gasteiger charge is 2.38. The number of allylic oxidation sites excluding steroid dienone is 2. The molecule has 256 valence electrons. The number of rotatable bonds is 12. The van der Waals surface area contributed by atoms with E-state index in [1.807, 2.05) is 35.1 Å². The maximum atomic E-state index is 13.8. The molecule has 1 aliphatic heterocycles. The highest BCUT2D eigenvalue weighted by atomic mass is 32.2. The van der Waals surface area contributed by atoms with Crippen molar-refractivity contribution in [1.82, 2.24) is 10.0 Å². The van der Waals surface area contributed by atoms with E-state index in [0.29, 0.717) is 15.6 Å². The first-order valence-corrected chi connectivity index (χ1v) is 16.9. The Hall–Kier alpha value is -4.98. The minimum absolute atomic E-state index is 0.00354. The van der Waals surface area contributed by atoms with Crippen molar-refractivity contribution in [2.45, 2.75) is 65.1 Å². The molecule has 4 rings (SSSR count). The van der Waals surface area contributed by atoms with Crippen molar-refractivity contribution in [1.29, 1.82) is 0 Å². The van der Waals surface area contributed by atoms with Crippen LogP contribution in [0, 0.1) is 5.92 Å². The number of esters is 1. The molecule has 1 saturated carbocycles. The summed E-state index contributed by atoms with van der Waals surface area (Å²) >= 11 is 0. The summed E-state index contributed by atoms with van der Waals surface area (Å²) in [6.45, 7) is 5.48. The Morgan fingerprint density at radius 3 is 2.56 bits per heavy atom. The molecule has 2 atom stereocenters. The molecule has 0 spiro atoms. The lowest BCUT2D eigenvalue weighted by molar-refractivity contribution is -0.141. The molecule has 0 bridgehead atoms. The molecule has 0 aromatic heterocycles. The van der Waals surface area contributed by atoms with Crippen LogP contribution in [0.25, 0.3) is 0 Å². The van der Waals surface area contributed by atoms with Crippen LogP contribution in [-0.4, -0.2) is 57.0 Å². The van der Waals surface area contributed by atoms with E-state index in [1.54, 1.807) is 64.5 Å². The maximum absolute atomic E-state index is 13.8. The minimum Gasteiger partial charge on any atom is -0.487 e. The molecule has 1 amide bonds. The molecule has 1 fully saturated rings. The number of nitrogens with one attached hydrogen (secondary N) is 2. The first-order valence-electron chi connectivity index (χ1n) is 15.5. The number of ether oxygens (including phenoxy) is 3. The van der Waals surface area contributed by atoms with Gasteiger partial charge in [0.25, 0.3) is 0 Å². The van der Waals surface area contributed by atoms with Gasteiger partial charge in [0, 0.05) is 55.4 Å². The molecule has 2 aromatic rings. The van der Waals surface area contributed by atoms with Crippen LogP contribution in [0.1, 0.15) is 64.0 Å². The summed E-state index contributed by atoms with van der Waals surface area (Å²) in [6.07, 6.45) is 5.51. The minimum atomic E-state index is -4.78. The molecular weight excluding hydrogens is 640 g/mol. The predicted octanol–water partition coefficient (Wildman–Crippen LogP) is 4.46. The number of nitrogens with zero attached hydrogens (tertiary/aromatic N) is 2. The van der Waals surface area contributed by atoms with E-state index in [0.717, 1.165) is 5.56 Å². The Morgan fingerprint density at radius 1 is 1.10 bits per heavy atom. The SMILES string of the molecule is CCOC(=O)CN(c1ccc(C(C2=CN=CC=CN2)C2CC(=O)CCC2=O)cc1OCc1ccccc1)S(=O)(=O)NC(=O)OC(C)(C)C. The zero-order valence-electron chi connectivity index (χ0n) is 27.3. The van der Waals surface area contributed by atoms with Crippen molar-refractivity contribution >= 4 is 45.7 Å². The van der Waals surface area contributed by atoms with E-state index in [1.165, 1.54) is 6.07 Å². The molecule has 48 heavy (non-hydrogen) atoms. The second-order valence-electron chi connectivity index (χ2n) is 12.1. The topological polar surface area (TPSA) is 170 Å². The van der Waals surface area contributed by atoms with Crippen molar-refractivity contribution in [2.24, 2.45) is 10.9 Å². The van der Waals surface area contributed by atoms with Crippen LogP contribution in [0.2, 0.25) is 0 Å². The maximum Gasteiger partial charge on any atom is 0.422 e. The number of anilines is 1. The largest absolute Gasteiger partial charge is 0.487 e. The average molecular weight is 681 g/mol. The summed E-state index contributed by atoms with van der Waals surface area (Å²) in [6, 6.07) is 13.7. The van der Waals surface area contributed by atoms with Gasteiger partial charge in [-0.25, -0.2) is 13.8 Å². The molecule has 1 aliphatic carbocycles. The Balaban J connectivity index is 1.86. The van der Waals surface area contributed by atoms with Crippen molar-refractivity contribution in [3.8, 4) is 5.75 Å². The van der Waals surface area contributed by atoms with E-state index < -0.39 is 46.3 Å². The van der Waals surface area contributed by atoms with Gasteiger partial charge in [0.1, 0.15) is 36.1 Å². The smallest absolute Gasteiger partial charge is 0.422 e. The van der Waals surface area contributed by atoms with Gasteiger partial charge < -0.3 is 19.5 Å². The number of ketones is 2. The first kappa shape index (κ1) is 35.9. The number of hydrogen-bond acceptors (Lipinski definition) is 11. The molecule has 2 aliphatic rings. The molecule has 0 radical (unpaired) electrons. The lowest BCUT2D eigenvalue weighted by atomic mass is 9.74. The highest BCUT2D eigenvalue weighted by Crippen LogP contribution is 2.41. The van der Waals surface area contributed by atoms with Crippen LogP contribution in [-0.2, 0) is 40.7 Å². The summed E-state index contributed by atoms with van der Waals surface area (Å²) in [7, 11) is -4.78. The van der Waals surface area contributed by atoms with Crippen LogP contribution in [0.4, 0.5) is 10.5 Å². The summed E-state index contributed by atoms with van der Waals surface area (Å²) < 4.78 is 46.5. The zero-order valence-corrected chi connectivity index (χ0v) is 28.1. The number of Topliss-reactive ketones (excluding diaryl/α,β-unsaturated/α-hetero) is 2. The number of amides is 1. The predicted molar refractivity (Wildman–Crippen MR) is 178 cm³/mol. The molecule has 14 heteroatoms. The molecule has 0 saturated heterocycles. The Morgan fingerprint density at radius 2 is 1.85 bits per heavy atom. The highest BCUT2D eigenvalue weighted by molar-refractivity contribution is 7.91. The van der Waals surface area contributed by atoms with E-state index in [2.05, 4.69) is 10.3 Å². The number of benzene rings is 2. The van der Waals surface area contributed by atoms with Gasteiger partial charge in [-0.3, -0.25) is 19.4 Å². The van der Waals surface area contributed by atoms with E-state index in [9.17, 15) is 27.6 Å². The average Bonchev–Trinajstić information content (AvgIpc) is 3.30. The normalized spacial score (nSPS) is 17.0. The van der Waals surface area contributed by atoms with Crippen LogP contribution >= 0.6 is 0 Å². The zero-order chi connectivity index (χ0) is 34.9. The molecule has 2 N–H and O–H groups in total. The van der Waals surface area contributed by atoms with Crippen molar-refractivity contribution in [3.63, 3.8) is 0 Å². The molecule has 13 nitrogen and oxygen atoms in total. The number of hydrogen-bond donors (Lipinski definition) is 2. The van der Waals surface area contributed by atoms with Crippen molar-refractivity contribution in [3.05, 3.63) is 83.8 Å². The van der Waals surface area contributed by atoms with Crippen LogP contribution in [0.5, 0.6) is 5.75 Å². The lowest BCUT2D eigenvalue weighted by Gasteiger charge is -2.32. The number of carbonyl (C=O) groups excluding carboxylic acids is 4. The molecule has 2 aromatic carbocycles. The Kier molecular flexibility index (Phi) is 11.8. The van der Waals surface area contributed by atoms with E-state index in [4.69, 9.17) is 14.2 Å². The van der Waals surface area contributed by atoms with Gasteiger partial charge in [0.05, 0.1) is 12.3 Å². The first-order chi connectivity index (χ1) is 22.8. The number of aliphatic imine (C=N–C) groups is 1. The Labute approximate surface area is 280 Å². The lowest BCUT2D eigenvalue weighted by Crippen LogP contribution is -2.47. The quantitative estimate of drug-likeness (QED) is 0.305. The van der Waals surface area contributed by atoms with E-state index >= 15 is 0 Å². The second kappa shape index (κ2) is 15.7. The van der Waals surface area contributed by atoms with Crippen molar-refractivity contribution < 1.29 is 41.8 Å². The van der Waals surface area contributed by atoms with Gasteiger partial charge in [0.15, 0.2) is 0 Å². The van der Waals surface area contributed by atoms with Gasteiger partial charge in [-0.15, -0.1) is 0 Å². The monoisotopic (exact) mass is 680 g/mol. The molecule has 2 unspecified atom stereocenters. The van der Waals surface area contributed by atoms with Crippen molar-refractivity contribution in [2.75, 3.05) is 17.5 Å². The fraction of sp³-hybridized carbons (Fsp3) is 0.382. The molecule has 1 heterocycles.